The number of carbonyl (C=O) groups is 2. The number of hydrogen-bond acceptors (Lipinski definition) is 6. The van der Waals surface area contributed by atoms with E-state index in [-0.39, 0.29) is 18.1 Å². The Morgan fingerprint density at radius 2 is 1.80 bits per heavy atom. The van der Waals surface area contributed by atoms with Crippen LogP contribution in [0.25, 0.3) is 10.2 Å². The normalized spacial score (nSPS) is 27.5. The maximum Gasteiger partial charge on any atom is 0.308 e. The van der Waals surface area contributed by atoms with Crippen LogP contribution >= 0.6 is 11.3 Å². The highest BCUT2D eigenvalue weighted by molar-refractivity contribution is 7.18. The molecule has 2 heterocycles. The number of allylic oxidation sites excluding steroid dienone is 1. The second-order valence-corrected chi connectivity index (χ2v) is 11.4. The zero-order chi connectivity index (χ0) is 25.8. The van der Waals surface area contributed by atoms with Gasteiger partial charge in [0.25, 0.3) is 0 Å². The van der Waals surface area contributed by atoms with Crippen molar-refractivity contribution in [2.24, 2.45) is 23.7 Å². The van der Waals surface area contributed by atoms with Gasteiger partial charge in [0.2, 0.25) is 0 Å². The summed E-state index contributed by atoms with van der Waals surface area (Å²) in [6.45, 7) is 12.4. The number of hydrogen-bond donors (Lipinski definition) is 1. The largest absolute Gasteiger partial charge is 0.466 e. The highest BCUT2D eigenvalue weighted by atomic mass is 32.1. The molecule has 1 fully saturated rings. The van der Waals surface area contributed by atoms with Gasteiger partial charge >= 0.3 is 5.97 Å². The molecular weight excluding hydrogens is 458 g/mol. The van der Waals surface area contributed by atoms with E-state index < -0.39 is 18.0 Å². The number of aliphatic hydroxyl groups is 1. The summed E-state index contributed by atoms with van der Waals surface area (Å²) in [7, 11) is 0. The summed E-state index contributed by atoms with van der Waals surface area (Å²) in [6, 6.07) is 8.19. The zero-order valence-electron chi connectivity index (χ0n) is 21.9. The summed E-state index contributed by atoms with van der Waals surface area (Å²) < 4.78 is 6.49. The number of benzene rings is 1. The number of ketones is 1. The molecule has 35 heavy (non-hydrogen) atoms. The molecule has 1 aromatic heterocycles. The second kappa shape index (κ2) is 15.1. The smallest absolute Gasteiger partial charge is 0.308 e. The molecule has 6 heteroatoms. The van der Waals surface area contributed by atoms with E-state index in [1.165, 1.54) is 11.1 Å². The Labute approximate surface area is 215 Å². The molecule has 2 aromatic rings. The number of para-hydroxylation sites is 1. The first-order valence-corrected chi connectivity index (χ1v) is 13.8. The Morgan fingerprint density at radius 1 is 1.11 bits per heavy atom. The predicted octanol–water partition coefficient (Wildman–Crippen LogP) is 6.91. The molecule has 1 aliphatic heterocycles. The number of esters is 1. The number of carbonyl (C=O) groups excluding carboxylic acids is 2. The van der Waals surface area contributed by atoms with Crippen molar-refractivity contribution in [1.82, 2.24) is 4.98 Å². The molecule has 3 rings (SSSR count). The van der Waals surface area contributed by atoms with E-state index >= 15 is 0 Å². The van der Waals surface area contributed by atoms with Gasteiger partial charge in [-0.2, -0.15) is 0 Å². The lowest BCUT2D eigenvalue weighted by molar-refractivity contribution is -0.147. The minimum atomic E-state index is -0.977. The van der Waals surface area contributed by atoms with E-state index in [2.05, 4.69) is 31.5 Å². The Balaban J connectivity index is 0.000000353. The first-order chi connectivity index (χ1) is 16.7. The van der Waals surface area contributed by atoms with Crippen LogP contribution in [-0.4, -0.2) is 34.6 Å². The maximum atomic E-state index is 12.8. The molecule has 1 aliphatic rings. The number of aliphatic hydroxyl groups excluding tert-OH is 1. The van der Waals surface area contributed by atoms with Crippen molar-refractivity contribution in [3.05, 3.63) is 41.9 Å². The van der Waals surface area contributed by atoms with Gasteiger partial charge in [-0.1, -0.05) is 58.2 Å². The highest BCUT2D eigenvalue weighted by Crippen LogP contribution is 2.27. The van der Waals surface area contributed by atoms with Crippen molar-refractivity contribution >= 4 is 33.3 Å². The second-order valence-electron chi connectivity index (χ2n) is 10.1. The molecule has 0 radical (unpaired) electrons. The topological polar surface area (TPSA) is 76.5 Å². The van der Waals surface area contributed by atoms with E-state index in [0.29, 0.717) is 24.9 Å². The Hall–Kier alpha value is -2.05. The number of Topliss-reactive ketones (excluding diaryl/α,β-unsaturated/α-hetero) is 1. The van der Waals surface area contributed by atoms with Gasteiger partial charge in [0, 0.05) is 11.8 Å². The van der Waals surface area contributed by atoms with Crippen molar-refractivity contribution in [3.8, 4) is 0 Å². The molecular formula is C29H43NO4S. The summed E-state index contributed by atoms with van der Waals surface area (Å²) >= 11 is 1.74. The number of thiazole rings is 1. The van der Waals surface area contributed by atoms with Crippen LogP contribution in [0.2, 0.25) is 0 Å². The Morgan fingerprint density at radius 3 is 2.51 bits per heavy atom. The zero-order valence-corrected chi connectivity index (χ0v) is 22.7. The molecule has 0 aliphatic carbocycles. The molecule has 0 spiro atoms. The van der Waals surface area contributed by atoms with Gasteiger partial charge in [0.1, 0.15) is 5.78 Å². The molecule has 5 unspecified atom stereocenters. The number of aromatic nitrogens is 1. The summed E-state index contributed by atoms with van der Waals surface area (Å²) in [5.41, 5.74) is 1.12. The lowest BCUT2D eigenvalue weighted by atomic mass is 9.81. The van der Waals surface area contributed by atoms with Crippen molar-refractivity contribution in [2.75, 3.05) is 6.61 Å². The lowest BCUT2D eigenvalue weighted by Gasteiger charge is -2.25. The van der Waals surface area contributed by atoms with Gasteiger partial charge in [0.05, 0.1) is 34.4 Å². The summed E-state index contributed by atoms with van der Waals surface area (Å²) in [4.78, 5) is 29.0. The fourth-order valence-corrected chi connectivity index (χ4v) is 5.49. The van der Waals surface area contributed by atoms with Gasteiger partial charge in [-0.15, -0.1) is 17.9 Å². The first-order valence-electron chi connectivity index (χ1n) is 13.0. The van der Waals surface area contributed by atoms with Crippen molar-refractivity contribution in [1.29, 1.82) is 0 Å². The molecule has 1 N–H and O–H groups in total. The van der Waals surface area contributed by atoms with Gasteiger partial charge < -0.3 is 9.84 Å². The van der Waals surface area contributed by atoms with Gasteiger partial charge in [-0.25, -0.2) is 4.98 Å². The summed E-state index contributed by atoms with van der Waals surface area (Å²) in [5, 5.41) is 11.4. The van der Waals surface area contributed by atoms with Gasteiger partial charge in [-0.05, 0) is 56.6 Å². The van der Waals surface area contributed by atoms with E-state index in [0.717, 1.165) is 42.6 Å². The molecule has 1 aromatic carbocycles. The Bertz CT molecular complexity index is 907. The molecule has 0 saturated carbocycles. The molecule has 194 valence electrons. The van der Waals surface area contributed by atoms with E-state index in [4.69, 9.17) is 4.74 Å². The summed E-state index contributed by atoms with van der Waals surface area (Å²) in [5.74, 6) is 0.0301. The van der Waals surface area contributed by atoms with Crippen LogP contribution in [0.5, 0.6) is 0 Å². The molecule has 1 saturated heterocycles. The third kappa shape index (κ3) is 10.2. The number of nitrogens with zero attached hydrogens (tertiary/aromatic N) is 1. The average Bonchev–Trinajstić information content (AvgIpc) is 3.20. The number of rotatable bonds is 2. The summed E-state index contributed by atoms with van der Waals surface area (Å²) in [6.07, 6.45) is 7.51. The lowest BCUT2D eigenvalue weighted by Crippen LogP contribution is -2.33. The van der Waals surface area contributed by atoms with Crippen LogP contribution in [0.3, 0.4) is 0 Å². The monoisotopic (exact) mass is 501 g/mol. The van der Waals surface area contributed by atoms with Crippen molar-refractivity contribution in [3.63, 3.8) is 0 Å². The van der Waals surface area contributed by atoms with E-state index in [1.807, 2.05) is 25.1 Å². The van der Waals surface area contributed by atoms with Crippen LogP contribution in [0.15, 0.2) is 36.9 Å². The molecule has 0 bridgehead atoms. The number of ether oxygens (including phenoxy) is 1. The number of cyclic esters (lactones) is 1. The minimum absolute atomic E-state index is 0.0347. The molecule has 5 atom stereocenters. The molecule has 5 nitrogen and oxygen atoms in total. The van der Waals surface area contributed by atoms with E-state index in [1.54, 1.807) is 24.3 Å². The quantitative estimate of drug-likeness (QED) is 0.357. The van der Waals surface area contributed by atoms with Crippen LogP contribution < -0.4 is 0 Å². The molecule has 0 amide bonds. The maximum absolute atomic E-state index is 12.8. The standard InChI is InChI=1S/C21H36O4.C8H7NS/c1-5-8-18-13-16(3)10-6-9-15(2)11-7-12-25-20(23)14-19(22)17(4)21(18)24;1-6-9-7-4-2-3-5-8(7)10-6/h5,15-19,22H,1,6-14H2,2-4H3;2-5H,1H3. The highest BCUT2D eigenvalue weighted by Gasteiger charge is 2.30. The van der Waals surface area contributed by atoms with Crippen LogP contribution in [-0.2, 0) is 14.3 Å². The number of aryl methyl sites for hydroxylation is 1. The van der Waals surface area contributed by atoms with Gasteiger partial charge in [0.15, 0.2) is 0 Å². The number of fused-ring (bicyclic) bond motifs is 1. The fraction of sp³-hybridized carbons (Fsp3) is 0.621. The third-order valence-corrected chi connectivity index (χ3v) is 7.79. The van der Waals surface area contributed by atoms with Crippen molar-refractivity contribution in [2.45, 2.75) is 85.2 Å². The van der Waals surface area contributed by atoms with Crippen LogP contribution in [0, 0.1) is 30.6 Å². The predicted molar refractivity (Wildman–Crippen MR) is 144 cm³/mol. The third-order valence-electron chi connectivity index (χ3n) is 6.84. The average molecular weight is 502 g/mol. The van der Waals surface area contributed by atoms with E-state index in [9.17, 15) is 14.7 Å². The van der Waals surface area contributed by atoms with Gasteiger partial charge in [-0.3, -0.25) is 9.59 Å². The fourth-order valence-electron chi connectivity index (χ4n) is 4.67. The first kappa shape index (κ1) is 29.2. The Kier molecular flexibility index (Phi) is 12.6. The minimum Gasteiger partial charge on any atom is -0.466 e. The van der Waals surface area contributed by atoms with Crippen LogP contribution in [0.4, 0.5) is 0 Å². The van der Waals surface area contributed by atoms with Crippen molar-refractivity contribution < 1.29 is 19.4 Å². The van der Waals surface area contributed by atoms with Crippen LogP contribution in [0.1, 0.15) is 77.1 Å². The SMILES string of the molecule is C=CCC1CC(C)CCCC(C)CCCOC(=O)CC(O)C(C)C1=O.Cc1nc2ccccc2s1.